The highest BCUT2D eigenvalue weighted by atomic mass is 16.5. The summed E-state index contributed by atoms with van der Waals surface area (Å²) in [4.78, 5) is 46.5. The highest BCUT2D eigenvalue weighted by Crippen LogP contribution is 2.15. The summed E-state index contributed by atoms with van der Waals surface area (Å²) in [6.07, 6.45) is -0.605. The van der Waals surface area contributed by atoms with Gasteiger partial charge in [0.15, 0.2) is 11.9 Å². The lowest BCUT2D eigenvalue weighted by Gasteiger charge is -2.18. The van der Waals surface area contributed by atoms with Crippen molar-refractivity contribution >= 4 is 23.6 Å². The van der Waals surface area contributed by atoms with Crippen molar-refractivity contribution in [2.45, 2.75) is 46.3 Å². The summed E-state index contributed by atoms with van der Waals surface area (Å²) in [5, 5.41) is 13.9. The molecule has 0 aliphatic heterocycles. The smallest absolute Gasteiger partial charge is 0.326 e. The lowest BCUT2D eigenvalue weighted by Crippen LogP contribution is -2.47. The predicted molar refractivity (Wildman–Crippen MR) is 98.6 cm³/mol. The second kappa shape index (κ2) is 10.3. The van der Waals surface area contributed by atoms with Crippen LogP contribution in [-0.2, 0) is 14.4 Å². The second-order valence-corrected chi connectivity index (χ2v) is 6.65. The van der Waals surface area contributed by atoms with Gasteiger partial charge in [-0.15, -0.1) is 0 Å². The van der Waals surface area contributed by atoms with Crippen molar-refractivity contribution < 1.29 is 29.0 Å². The fraction of sp³-hybridized carbons (Fsp3) is 0.474. The predicted octanol–water partition coefficient (Wildman–Crippen LogP) is 1.39. The number of benzene rings is 1. The fourth-order valence-corrected chi connectivity index (χ4v) is 2.30. The Balaban J connectivity index is 2.53. The van der Waals surface area contributed by atoms with E-state index in [2.05, 4.69) is 10.6 Å². The van der Waals surface area contributed by atoms with Crippen molar-refractivity contribution in [1.29, 1.82) is 0 Å². The summed E-state index contributed by atoms with van der Waals surface area (Å²) in [6, 6.07) is 5.43. The van der Waals surface area contributed by atoms with Gasteiger partial charge in [-0.25, -0.2) is 4.79 Å². The molecular formula is C19H26N2O6. The zero-order valence-corrected chi connectivity index (χ0v) is 15.9. The number of amides is 2. The molecule has 0 aliphatic rings. The average molecular weight is 378 g/mol. The Morgan fingerprint density at radius 3 is 2.37 bits per heavy atom. The Morgan fingerprint density at radius 2 is 1.81 bits per heavy atom. The highest BCUT2D eigenvalue weighted by Gasteiger charge is 2.22. The van der Waals surface area contributed by atoms with Gasteiger partial charge in [-0.2, -0.15) is 0 Å². The van der Waals surface area contributed by atoms with Gasteiger partial charge < -0.3 is 20.5 Å². The highest BCUT2D eigenvalue weighted by molar-refractivity contribution is 5.94. The van der Waals surface area contributed by atoms with Crippen LogP contribution >= 0.6 is 0 Å². The molecule has 27 heavy (non-hydrogen) atoms. The van der Waals surface area contributed by atoms with Crippen LogP contribution in [0.4, 0.5) is 0 Å². The molecule has 0 fully saturated rings. The Kier molecular flexibility index (Phi) is 8.44. The number of carbonyl (C=O) groups excluding carboxylic acids is 3. The maximum atomic E-state index is 12.1. The number of hydrogen-bond donors (Lipinski definition) is 3. The molecule has 3 N–H and O–H groups in total. The number of ether oxygens (including phenoxy) is 1. The number of carboxylic acid groups (broad SMARTS) is 1. The Hall–Kier alpha value is -2.90. The molecule has 0 spiro atoms. The van der Waals surface area contributed by atoms with Crippen molar-refractivity contribution in [3.05, 3.63) is 29.8 Å². The van der Waals surface area contributed by atoms with Crippen LogP contribution < -0.4 is 15.4 Å². The second-order valence-electron chi connectivity index (χ2n) is 6.65. The Morgan fingerprint density at radius 1 is 1.15 bits per heavy atom. The minimum Gasteiger partial charge on any atom is -0.481 e. The van der Waals surface area contributed by atoms with Crippen LogP contribution in [0, 0.1) is 5.92 Å². The third-order valence-electron chi connectivity index (χ3n) is 3.69. The van der Waals surface area contributed by atoms with Gasteiger partial charge in [0, 0.05) is 5.56 Å². The van der Waals surface area contributed by atoms with E-state index in [0.717, 1.165) is 0 Å². The maximum Gasteiger partial charge on any atom is 0.326 e. The van der Waals surface area contributed by atoms with E-state index in [9.17, 15) is 19.2 Å². The van der Waals surface area contributed by atoms with Crippen molar-refractivity contribution in [1.82, 2.24) is 10.6 Å². The zero-order valence-electron chi connectivity index (χ0n) is 15.9. The Labute approximate surface area is 158 Å². The van der Waals surface area contributed by atoms with Crippen molar-refractivity contribution in [3.63, 3.8) is 0 Å². The number of carboxylic acids is 1. The molecule has 0 aromatic heterocycles. The summed E-state index contributed by atoms with van der Waals surface area (Å²) in [5.41, 5.74) is 0.462. The molecule has 1 aromatic carbocycles. The molecule has 0 aliphatic carbocycles. The van der Waals surface area contributed by atoms with Crippen molar-refractivity contribution in [2.24, 2.45) is 5.92 Å². The molecule has 1 rings (SSSR count). The first-order chi connectivity index (χ1) is 12.6. The number of aliphatic carboxylic acids is 1. The molecule has 8 heteroatoms. The van der Waals surface area contributed by atoms with Gasteiger partial charge in [-0.1, -0.05) is 26.0 Å². The van der Waals surface area contributed by atoms with E-state index < -0.39 is 29.9 Å². The molecular weight excluding hydrogens is 352 g/mol. The lowest BCUT2D eigenvalue weighted by atomic mass is 10.0. The van der Waals surface area contributed by atoms with E-state index in [1.54, 1.807) is 18.2 Å². The summed E-state index contributed by atoms with van der Waals surface area (Å²) in [6.45, 7) is 6.28. The SMILES string of the molecule is CC(=O)c1cccc(OC(C)C(=O)NCC(=O)N[C@@H](CC(C)C)C(=O)O)c1. The number of hydrogen-bond acceptors (Lipinski definition) is 5. The van der Waals surface area contributed by atoms with E-state index in [4.69, 9.17) is 9.84 Å². The van der Waals surface area contributed by atoms with Crippen molar-refractivity contribution in [3.8, 4) is 5.75 Å². The first-order valence-electron chi connectivity index (χ1n) is 8.67. The van der Waals surface area contributed by atoms with Crippen LogP contribution in [0.1, 0.15) is 44.5 Å². The molecule has 8 nitrogen and oxygen atoms in total. The summed E-state index contributed by atoms with van der Waals surface area (Å²) in [5.74, 6) is -1.91. The van der Waals surface area contributed by atoms with Crippen LogP contribution in [0.25, 0.3) is 0 Å². The van der Waals surface area contributed by atoms with Crippen LogP contribution in [0.2, 0.25) is 0 Å². The third-order valence-corrected chi connectivity index (χ3v) is 3.69. The normalized spacial score (nSPS) is 12.8. The van der Waals surface area contributed by atoms with Gasteiger partial charge in [0.1, 0.15) is 11.8 Å². The molecule has 2 amide bonds. The van der Waals surface area contributed by atoms with Crippen LogP contribution in [0.15, 0.2) is 24.3 Å². The number of Topliss-reactive ketones (excluding diaryl/α,β-unsaturated/α-hetero) is 1. The minimum atomic E-state index is -1.12. The first-order valence-corrected chi connectivity index (χ1v) is 8.67. The maximum absolute atomic E-state index is 12.1. The van der Waals surface area contributed by atoms with E-state index in [1.807, 2.05) is 13.8 Å². The topological polar surface area (TPSA) is 122 Å². The molecule has 148 valence electrons. The first kappa shape index (κ1) is 22.1. The monoisotopic (exact) mass is 378 g/mol. The minimum absolute atomic E-state index is 0.0974. The number of nitrogens with one attached hydrogen (secondary N) is 2. The zero-order chi connectivity index (χ0) is 20.6. The quantitative estimate of drug-likeness (QED) is 0.529. The molecule has 0 heterocycles. The van der Waals surface area contributed by atoms with E-state index in [0.29, 0.717) is 17.7 Å². The summed E-state index contributed by atoms with van der Waals surface area (Å²) in [7, 11) is 0. The van der Waals surface area contributed by atoms with Crippen molar-refractivity contribution in [2.75, 3.05) is 6.54 Å². The van der Waals surface area contributed by atoms with Gasteiger partial charge in [0.25, 0.3) is 5.91 Å². The molecule has 1 unspecified atom stereocenters. The van der Waals surface area contributed by atoms with Gasteiger partial charge in [-0.3, -0.25) is 14.4 Å². The van der Waals surface area contributed by atoms with Gasteiger partial charge in [0.05, 0.1) is 6.54 Å². The summed E-state index contributed by atoms with van der Waals surface area (Å²) < 4.78 is 5.48. The van der Waals surface area contributed by atoms with Crippen LogP contribution in [-0.4, -0.2) is 47.4 Å². The molecule has 0 radical (unpaired) electrons. The Bertz CT molecular complexity index is 701. The van der Waals surface area contributed by atoms with Gasteiger partial charge in [0.2, 0.25) is 5.91 Å². The standard InChI is InChI=1S/C19H26N2O6/c1-11(2)8-16(19(25)26)21-17(23)10-20-18(24)13(4)27-15-7-5-6-14(9-15)12(3)22/h5-7,9,11,13,16H,8,10H2,1-4H3,(H,20,24)(H,21,23)(H,25,26)/t13?,16-/m0/s1. The van der Waals surface area contributed by atoms with Crippen LogP contribution in [0.3, 0.4) is 0 Å². The van der Waals surface area contributed by atoms with E-state index >= 15 is 0 Å². The van der Waals surface area contributed by atoms with Gasteiger partial charge >= 0.3 is 5.97 Å². The summed E-state index contributed by atoms with van der Waals surface area (Å²) >= 11 is 0. The number of rotatable bonds is 10. The van der Waals surface area contributed by atoms with E-state index in [-0.39, 0.29) is 18.2 Å². The largest absolute Gasteiger partial charge is 0.481 e. The third kappa shape index (κ3) is 7.89. The molecule has 2 atom stereocenters. The fourth-order valence-electron chi connectivity index (χ4n) is 2.30. The molecule has 0 saturated heterocycles. The van der Waals surface area contributed by atoms with E-state index in [1.165, 1.54) is 19.9 Å². The lowest BCUT2D eigenvalue weighted by molar-refractivity contribution is -0.142. The number of carbonyl (C=O) groups is 4. The van der Waals surface area contributed by atoms with Gasteiger partial charge in [-0.05, 0) is 38.3 Å². The number of ketones is 1. The molecule has 1 aromatic rings. The van der Waals surface area contributed by atoms with Crippen LogP contribution in [0.5, 0.6) is 5.75 Å². The molecule has 0 saturated carbocycles. The molecule has 0 bridgehead atoms. The average Bonchev–Trinajstić information content (AvgIpc) is 2.58.